The third-order valence-corrected chi connectivity index (χ3v) is 8.67. The second-order valence-electron chi connectivity index (χ2n) is 9.43. The molecule has 0 saturated heterocycles. The third kappa shape index (κ3) is 9.05. The van der Waals surface area contributed by atoms with Gasteiger partial charge >= 0.3 is 12.6 Å². The Kier molecular flexibility index (Phi) is 11.8. The van der Waals surface area contributed by atoms with E-state index in [2.05, 4.69) is 9.72 Å². The van der Waals surface area contributed by atoms with Crippen LogP contribution in [0.25, 0.3) is 0 Å². The second kappa shape index (κ2) is 14.9. The predicted molar refractivity (Wildman–Crippen MR) is 150 cm³/mol. The molecule has 0 bridgehead atoms. The number of esters is 1. The first-order valence-corrected chi connectivity index (χ1v) is 15.1. The molecule has 1 aliphatic rings. The summed E-state index contributed by atoms with van der Waals surface area (Å²) in [6.45, 7) is -2.80. The van der Waals surface area contributed by atoms with Gasteiger partial charge in [0.1, 0.15) is 16.1 Å². The molecule has 1 aliphatic carbocycles. The first-order chi connectivity index (χ1) is 20.0. The normalized spacial score (nSPS) is 13.6. The molecule has 43 heavy (non-hydrogen) atoms. The van der Waals surface area contributed by atoms with Crippen LogP contribution in [0.15, 0.2) is 53.7 Å². The number of alkyl halides is 2. The van der Waals surface area contributed by atoms with Crippen LogP contribution < -0.4 is 23.9 Å². The minimum absolute atomic E-state index is 0. The smallest absolute Gasteiger partial charge is 0.387 e. The summed E-state index contributed by atoms with van der Waals surface area (Å²) in [5.41, 5.74) is 0.727. The van der Waals surface area contributed by atoms with Crippen molar-refractivity contribution in [1.29, 1.82) is 0 Å². The predicted octanol–water partition coefficient (Wildman–Crippen LogP) is 5.34. The number of sulfone groups is 1. The van der Waals surface area contributed by atoms with Crippen LogP contribution in [-0.2, 0) is 25.8 Å². The Morgan fingerprint density at radius 2 is 1.63 bits per heavy atom. The summed E-state index contributed by atoms with van der Waals surface area (Å²) in [4.78, 5) is 15.7. The lowest BCUT2D eigenvalue weighted by atomic mass is 10.0. The monoisotopic (exact) mass is 663 g/mol. The first kappa shape index (κ1) is 34.1. The van der Waals surface area contributed by atoms with Crippen LogP contribution in [0.2, 0.25) is 10.0 Å². The van der Waals surface area contributed by atoms with Gasteiger partial charge in [-0.1, -0.05) is 29.3 Å². The van der Waals surface area contributed by atoms with Gasteiger partial charge in [-0.2, -0.15) is 8.78 Å². The lowest BCUT2D eigenvalue weighted by molar-refractivity contribution is -0.377. The van der Waals surface area contributed by atoms with E-state index in [9.17, 15) is 22.0 Å². The minimum atomic E-state index is -4.17. The number of halogens is 4. The van der Waals surface area contributed by atoms with Crippen molar-refractivity contribution in [2.75, 3.05) is 26.6 Å². The number of pyridine rings is 1. The summed E-state index contributed by atoms with van der Waals surface area (Å²) in [7, 11) is -1.41. The number of aromatic amines is 1. The molecule has 1 saturated carbocycles. The van der Waals surface area contributed by atoms with Gasteiger partial charge in [-0.15, -0.1) is 0 Å². The summed E-state index contributed by atoms with van der Waals surface area (Å²) in [6, 6.07) is 8.03. The fourth-order valence-electron chi connectivity index (χ4n) is 4.05. The van der Waals surface area contributed by atoms with E-state index in [4.69, 9.17) is 42.1 Å². The standard InChI is InChI=1S/C28H27Cl2F2NO8S.H2O/c1-37-22-8-6-18(10-25(22)38-2)42(35,36)15-27(34)40-24(11-19-20(29)12-33-13-21(19)30)17-5-7-23(41-28(31)32)26(9-17)39-14-16-3-4-16;/h5-10,12-13,16,24,28H,3-4,11,14-15H2,1-2H3;1H2/t24-;/m0./s1. The van der Waals surface area contributed by atoms with Gasteiger partial charge in [-0.05, 0) is 48.6 Å². The summed E-state index contributed by atoms with van der Waals surface area (Å²) in [6.07, 6.45) is 3.69. The SMILES string of the molecule is COc1ccc(S(=O)(=O)CC(=O)O[C@@H](Cc2c(Cl)c[nH+]cc2Cl)c2ccc(OC(F)F)c(OCC3CC3)c2)cc1OC.[OH-]. The number of benzene rings is 2. The van der Waals surface area contributed by atoms with Gasteiger partial charge in [-0.3, -0.25) is 4.79 Å². The fraction of sp³-hybridized carbons (Fsp3) is 0.357. The highest BCUT2D eigenvalue weighted by Crippen LogP contribution is 2.38. The van der Waals surface area contributed by atoms with E-state index >= 15 is 0 Å². The number of H-pyrrole nitrogens is 1. The number of nitrogens with one attached hydrogen (secondary N) is 1. The van der Waals surface area contributed by atoms with E-state index in [1.807, 2.05) is 0 Å². The van der Waals surface area contributed by atoms with Gasteiger partial charge in [0.2, 0.25) is 0 Å². The van der Waals surface area contributed by atoms with Gasteiger partial charge in [0.25, 0.3) is 0 Å². The summed E-state index contributed by atoms with van der Waals surface area (Å²) in [5, 5.41) is 0.480. The van der Waals surface area contributed by atoms with Gasteiger partial charge < -0.3 is 29.2 Å². The average molecular weight is 665 g/mol. The van der Waals surface area contributed by atoms with Crippen LogP contribution in [0.5, 0.6) is 23.0 Å². The molecule has 0 spiro atoms. The molecule has 4 rings (SSSR count). The van der Waals surface area contributed by atoms with Crippen molar-refractivity contribution < 1.29 is 56.1 Å². The maximum absolute atomic E-state index is 13.1. The van der Waals surface area contributed by atoms with E-state index in [1.165, 1.54) is 63.0 Å². The maximum atomic E-state index is 13.1. The zero-order valence-electron chi connectivity index (χ0n) is 23.0. The molecule has 3 aromatic rings. The van der Waals surface area contributed by atoms with Gasteiger partial charge in [0.05, 0.1) is 25.7 Å². The summed E-state index contributed by atoms with van der Waals surface area (Å²) in [5.74, 6) is -1.45. The molecule has 0 amide bonds. The molecule has 2 aromatic carbocycles. The maximum Gasteiger partial charge on any atom is 0.387 e. The number of ether oxygens (including phenoxy) is 5. The van der Waals surface area contributed by atoms with Crippen LogP contribution in [0.1, 0.15) is 30.1 Å². The Balaban J connectivity index is 0.00000506. The summed E-state index contributed by atoms with van der Waals surface area (Å²) < 4.78 is 78.7. The molecule has 0 unspecified atom stereocenters. The molecule has 1 aromatic heterocycles. The number of carbonyl (C=O) groups is 1. The van der Waals surface area contributed by atoms with Crippen LogP contribution in [-0.4, -0.2) is 53.1 Å². The Bertz CT molecular complexity index is 1520. The topological polar surface area (TPSA) is 142 Å². The van der Waals surface area contributed by atoms with E-state index in [1.54, 1.807) is 0 Å². The van der Waals surface area contributed by atoms with Crippen molar-refractivity contribution in [3.63, 3.8) is 0 Å². The van der Waals surface area contributed by atoms with Crippen molar-refractivity contribution >= 4 is 39.0 Å². The minimum Gasteiger partial charge on any atom is -0.870 e. The van der Waals surface area contributed by atoms with Crippen molar-refractivity contribution in [3.8, 4) is 23.0 Å². The number of hydrogen-bond acceptors (Lipinski definition) is 9. The zero-order chi connectivity index (χ0) is 30.4. The van der Waals surface area contributed by atoms with Crippen molar-refractivity contribution in [2.45, 2.75) is 36.9 Å². The van der Waals surface area contributed by atoms with Crippen molar-refractivity contribution in [1.82, 2.24) is 0 Å². The Morgan fingerprint density at radius 1 is 0.977 bits per heavy atom. The Hall–Kier alpha value is -3.39. The molecule has 0 radical (unpaired) electrons. The molecule has 10 nitrogen and oxygen atoms in total. The number of carbonyl (C=O) groups excluding carboxylic acids is 1. The first-order valence-electron chi connectivity index (χ1n) is 12.7. The van der Waals surface area contributed by atoms with Crippen LogP contribution in [0.3, 0.4) is 0 Å². The lowest BCUT2D eigenvalue weighted by Gasteiger charge is -2.21. The quantitative estimate of drug-likeness (QED) is 0.209. The lowest BCUT2D eigenvalue weighted by Crippen LogP contribution is -2.22. The fourth-order valence-corrected chi connectivity index (χ4v) is 5.69. The Labute approximate surface area is 257 Å². The highest BCUT2D eigenvalue weighted by Gasteiger charge is 2.28. The molecular formula is C28H29Cl2F2NO9S. The molecular weight excluding hydrogens is 635 g/mol. The molecule has 2 N–H and O–H groups in total. The van der Waals surface area contributed by atoms with Crippen LogP contribution >= 0.6 is 23.2 Å². The molecule has 1 heterocycles. The number of methoxy groups -OCH3 is 2. The van der Waals surface area contributed by atoms with E-state index in [0.29, 0.717) is 29.4 Å². The highest BCUT2D eigenvalue weighted by atomic mass is 35.5. The second-order valence-corrected chi connectivity index (χ2v) is 12.2. The van der Waals surface area contributed by atoms with Crippen molar-refractivity contribution in [3.05, 3.63) is 70.0 Å². The third-order valence-electron chi connectivity index (χ3n) is 6.41. The number of rotatable bonds is 14. The average Bonchev–Trinajstić information content (AvgIpc) is 3.77. The molecule has 234 valence electrons. The van der Waals surface area contributed by atoms with Gasteiger partial charge in [0, 0.05) is 18.1 Å². The molecule has 1 atom stereocenters. The van der Waals surface area contributed by atoms with Crippen LogP contribution in [0, 0.1) is 5.92 Å². The molecule has 0 aliphatic heterocycles. The van der Waals surface area contributed by atoms with E-state index in [-0.39, 0.29) is 44.1 Å². The van der Waals surface area contributed by atoms with E-state index in [0.717, 1.165) is 12.8 Å². The largest absolute Gasteiger partial charge is 0.870 e. The number of aromatic nitrogens is 1. The Morgan fingerprint density at radius 3 is 2.23 bits per heavy atom. The molecule has 15 heteroatoms. The summed E-state index contributed by atoms with van der Waals surface area (Å²) >= 11 is 12.7. The van der Waals surface area contributed by atoms with Gasteiger partial charge in [-0.25, -0.2) is 13.4 Å². The van der Waals surface area contributed by atoms with Crippen LogP contribution in [0.4, 0.5) is 8.78 Å². The van der Waals surface area contributed by atoms with Crippen molar-refractivity contribution in [2.24, 2.45) is 5.92 Å². The highest BCUT2D eigenvalue weighted by molar-refractivity contribution is 7.92. The molecule has 1 fully saturated rings. The van der Waals surface area contributed by atoms with Gasteiger partial charge in [0.15, 0.2) is 51.0 Å². The number of hydrogen-bond donors (Lipinski definition) is 0. The zero-order valence-corrected chi connectivity index (χ0v) is 25.3. The van der Waals surface area contributed by atoms with E-state index < -0.39 is 34.3 Å².